The molecule has 0 saturated heterocycles. The minimum absolute atomic E-state index is 0.130. The molecule has 11 heavy (non-hydrogen) atoms. The van der Waals surface area contributed by atoms with Crippen LogP contribution in [0, 0.1) is 0 Å². The summed E-state index contributed by atoms with van der Waals surface area (Å²) < 4.78 is 0. The van der Waals surface area contributed by atoms with Crippen molar-refractivity contribution in [3.8, 4) is 0 Å². The molecule has 0 bridgehead atoms. The van der Waals surface area contributed by atoms with Gasteiger partial charge in [0.1, 0.15) is 0 Å². The Kier molecular flexibility index (Phi) is 6.20. The Labute approximate surface area is 71.8 Å². The van der Waals surface area contributed by atoms with Crippen molar-refractivity contribution >= 4 is 20.6 Å². The molecule has 0 radical (unpaired) electrons. The Balaban J connectivity index is 3.02. The van der Waals surface area contributed by atoms with Gasteiger partial charge in [-0.25, -0.2) is 0 Å². The van der Waals surface area contributed by atoms with Crippen molar-refractivity contribution in [2.75, 3.05) is 18.1 Å². The Hall–Kier alpha value is 0.407. The third-order valence-corrected chi connectivity index (χ3v) is 3.19. The highest BCUT2D eigenvalue weighted by Gasteiger charge is 2.25. The Morgan fingerprint density at radius 3 is 2.27 bits per heavy atom. The van der Waals surface area contributed by atoms with Crippen LogP contribution in [0.1, 0.15) is 6.42 Å². The highest BCUT2D eigenvalue weighted by molar-refractivity contribution is 7.99. The Bertz CT molecular complexity index is 98.2. The molecule has 0 heterocycles. The van der Waals surface area contributed by atoms with Gasteiger partial charge in [-0.1, -0.05) is 0 Å². The molecule has 0 unspecified atom stereocenters. The number of nitrogens with two attached hydrogens (primary N) is 1. The lowest BCUT2D eigenvalue weighted by molar-refractivity contribution is 0.227. The fourth-order valence-corrected chi connectivity index (χ4v) is 2.22. The SMILES string of the molecule is NCCSCCC[Si](O)(O)O. The number of rotatable bonds is 6. The minimum atomic E-state index is -3.76. The lowest BCUT2D eigenvalue weighted by atomic mass is 10.6. The van der Waals surface area contributed by atoms with Crippen LogP contribution in [0.3, 0.4) is 0 Å². The lowest BCUT2D eigenvalue weighted by Gasteiger charge is -2.07. The van der Waals surface area contributed by atoms with E-state index in [-0.39, 0.29) is 6.04 Å². The molecule has 68 valence electrons. The topological polar surface area (TPSA) is 86.7 Å². The zero-order chi connectivity index (χ0) is 8.74. The first-order valence-electron chi connectivity index (χ1n) is 3.51. The van der Waals surface area contributed by atoms with Crippen molar-refractivity contribution < 1.29 is 14.4 Å². The smallest absolute Gasteiger partial charge is 0.390 e. The van der Waals surface area contributed by atoms with E-state index in [0.717, 1.165) is 11.5 Å². The van der Waals surface area contributed by atoms with Crippen LogP contribution in [0.15, 0.2) is 0 Å². The maximum atomic E-state index is 8.59. The summed E-state index contributed by atoms with van der Waals surface area (Å²) in [5.74, 6) is 1.71. The van der Waals surface area contributed by atoms with Crippen LogP contribution in [-0.4, -0.2) is 41.2 Å². The molecule has 0 atom stereocenters. The second kappa shape index (κ2) is 5.98. The maximum absolute atomic E-state index is 8.59. The van der Waals surface area contributed by atoms with Gasteiger partial charge in [0.2, 0.25) is 0 Å². The van der Waals surface area contributed by atoms with E-state index in [2.05, 4.69) is 0 Å². The van der Waals surface area contributed by atoms with Crippen molar-refractivity contribution in [1.29, 1.82) is 0 Å². The summed E-state index contributed by atoms with van der Waals surface area (Å²) >= 11 is 1.66. The highest BCUT2D eigenvalue weighted by Crippen LogP contribution is 2.07. The molecule has 6 heteroatoms. The number of thioether (sulfide) groups is 1. The predicted octanol–water partition coefficient (Wildman–Crippen LogP) is -1.02. The predicted molar refractivity (Wildman–Crippen MR) is 48.2 cm³/mol. The van der Waals surface area contributed by atoms with Crippen LogP contribution in [0.25, 0.3) is 0 Å². The van der Waals surface area contributed by atoms with Gasteiger partial charge < -0.3 is 20.1 Å². The van der Waals surface area contributed by atoms with Gasteiger partial charge in [0.25, 0.3) is 0 Å². The van der Waals surface area contributed by atoms with Gasteiger partial charge >= 0.3 is 8.80 Å². The fraction of sp³-hybridized carbons (Fsp3) is 1.00. The number of hydrogen-bond acceptors (Lipinski definition) is 5. The number of hydrogen-bond donors (Lipinski definition) is 4. The van der Waals surface area contributed by atoms with E-state index in [0.29, 0.717) is 13.0 Å². The molecule has 0 aliphatic carbocycles. The first-order valence-corrected chi connectivity index (χ1v) is 6.71. The summed E-state index contributed by atoms with van der Waals surface area (Å²) in [6, 6.07) is 0.130. The molecular formula is C5H15NO3SSi. The van der Waals surface area contributed by atoms with E-state index in [1.54, 1.807) is 11.8 Å². The largest absolute Gasteiger partial charge is 0.492 e. The minimum Gasteiger partial charge on any atom is -0.390 e. The Morgan fingerprint density at radius 1 is 1.18 bits per heavy atom. The van der Waals surface area contributed by atoms with Gasteiger partial charge in [-0.2, -0.15) is 11.8 Å². The molecule has 0 aromatic carbocycles. The summed E-state index contributed by atoms with van der Waals surface area (Å²) in [6.07, 6.45) is 0.639. The molecule has 4 nitrogen and oxygen atoms in total. The summed E-state index contributed by atoms with van der Waals surface area (Å²) in [5.41, 5.74) is 5.24. The monoisotopic (exact) mass is 197 g/mol. The molecule has 0 spiro atoms. The quantitative estimate of drug-likeness (QED) is 0.324. The third-order valence-electron chi connectivity index (χ3n) is 1.06. The van der Waals surface area contributed by atoms with Gasteiger partial charge in [0.05, 0.1) is 0 Å². The van der Waals surface area contributed by atoms with Gasteiger partial charge in [-0.05, 0) is 12.2 Å². The normalized spacial score (nSPS) is 12.0. The van der Waals surface area contributed by atoms with E-state index in [1.807, 2.05) is 0 Å². The van der Waals surface area contributed by atoms with Crippen molar-refractivity contribution in [1.82, 2.24) is 0 Å². The van der Waals surface area contributed by atoms with Gasteiger partial charge in [0.15, 0.2) is 0 Å². The van der Waals surface area contributed by atoms with Crippen LogP contribution in [0.5, 0.6) is 0 Å². The Morgan fingerprint density at radius 2 is 1.82 bits per heavy atom. The van der Waals surface area contributed by atoms with Gasteiger partial charge in [-0.15, -0.1) is 0 Å². The van der Waals surface area contributed by atoms with Crippen molar-refractivity contribution in [2.24, 2.45) is 5.73 Å². The van der Waals surface area contributed by atoms with Gasteiger partial charge in [0, 0.05) is 18.3 Å². The fourth-order valence-electron chi connectivity index (χ4n) is 0.597. The van der Waals surface area contributed by atoms with E-state index in [1.165, 1.54) is 0 Å². The van der Waals surface area contributed by atoms with Crippen LogP contribution in [-0.2, 0) is 0 Å². The average molecular weight is 197 g/mol. The lowest BCUT2D eigenvalue weighted by Crippen LogP contribution is -2.34. The van der Waals surface area contributed by atoms with E-state index >= 15 is 0 Å². The molecule has 0 aromatic rings. The summed E-state index contributed by atoms with van der Waals surface area (Å²) in [6.45, 7) is 0.643. The van der Waals surface area contributed by atoms with E-state index in [9.17, 15) is 0 Å². The summed E-state index contributed by atoms with van der Waals surface area (Å²) in [4.78, 5) is 25.8. The molecule has 5 N–H and O–H groups in total. The van der Waals surface area contributed by atoms with Gasteiger partial charge in [-0.3, -0.25) is 0 Å². The molecule has 0 aromatic heterocycles. The first-order chi connectivity index (χ1) is 5.06. The highest BCUT2D eigenvalue weighted by atomic mass is 32.2. The average Bonchev–Trinajstić information content (AvgIpc) is 1.85. The molecule has 0 amide bonds. The first kappa shape index (κ1) is 11.4. The van der Waals surface area contributed by atoms with Crippen LogP contribution in [0.2, 0.25) is 6.04 Å². The second-order valence-corrected chi connectivity index (χ2v) is 5.55. The van der Waals surface area contributed by atoms with E-state index in [4.69, 9.17) is 20.1 Å². The van der Waals surface area contributed by atoms with Crippen molar-refractivity contribution in [2.45, 2.75) is 12.5 Å². The van der Waals surface area contributed by atoms with Crippen LogP contribution < -0.4 is 5.73 Å². The zero-order valence-electron chi connectivity index (χ0n) is 6.36. The summed E-state index contributed by atoms with van der Waals surface area (Å²) in [7, 11) is -3.76. The van der Waals surface area contributed by atoms with Crippen molar-refractivity contribution in [3.63, 3.8) is 0 Å². The van der Waals surface area contributed by atoms with Crippen molar-refractivity contribution in [3.05, 3.63) is 0 Å². The second-order valence-electron chi connectivity index (χ2n) is 2.28. The molecule has 0 aliphatic heterocycles. The molecular weight excluding hydrogens is 182 g/mol. The molecule has 0 rings (SSSR count). The molecule has 0 fully saturated rings. The third kappa shape index (κ3) is 10.4. The van der Waals surface area contributed by atoms with E-state index < -0.39 is 8.80 Å². The zero-order valence-corrected chi connectivity index (χ0v) is 8.18. The van der Waals surface area contributed by atoms with Crippen LogP contribution in [0.4, 0.5) is 0 Å². The molecule has 0 aliphatic rings. The standard InChI is InChI=1S/C5H15NO3SSi/c6-2-4-10-3-1-5-11(7,8)9/h7-9H,1-6H2. The summed E-state index contributed by atoms with van der Waals surface area (Å²) in [5, 5.41) is 0. The van der Waals surface area contributed by atoms with Crippen LogP contribution >= 0.6 is 11.8 Å². The molecule has 0 saturated carbocycles. The maximum Gasteiger partial charge on any atom is 0.492 e.